The molecule has 1 heterocycles. The van der Waals surface area contributed by atoms with Crippen LogP contribution in [-0.2, 0) is 0 Å². The van der Waals surface area contributed by atoms with Crippen molar-refractivity contribution in [1.82, 2.24) is 4.98 Å². The molecule has 21 heavy (non-hydrogen) atoms. The number of hydrogen-bond acceptors (Lipinski definition) is 5. The first-order chi connectivity index (χ1) is 9.88. The number of aromatic carboxylic acids is 1. The quantitative estimate of drug-likeness (QED) is 0.666. The van der Waals surface area contributed by atoms with Crippen molar-refractivity contribution in [2.45, 2.75) is 6.92 Å². The lowest BCUT2D eigenvalue weighted by molar-refractivity contribution is -0.385. The molecule has 0 aliphatic carbocycles. The maximum atomic E-state index is 11.1. The number of rotatable bonds is 4. The Kier molecular flexibility index (Phi) is 4.18. The minimum absolute atomic E-state index is 0.00405. The highest BCUT2D eigenvalue weighted by Gasteiger charge is 2.20. The number of aromatic nitrogens is 1. The van der Waals surface area contributed by atoms with Gasteiger partial charge < -0.3 is 9.84 Å². The van der Waals surface area contributed by atoms with Crippen molar-refractivity contribution in [2.75, 3.05) is 0 Å². The number of carboxylic acids is 1. The third-order valence-corrected chi connectivity index (χ3v) is 3.06. The zero-order chi connectivity index (χ0) is 15.6. The van der Waals surface area contributed by atoms with Gasteiger partial charge in [0.2, 0.25) is 11.6 Å². The van der Waals surface area contributed by atoms with Gasteiger partial charge in [0.15, 0.2) is 0 Å². The summed E-state index contributed by atoms with van der Waals surface area (Å²) in [5.41, 5.74) is 0.357. The summed E-state index contributed by atoms with van der Waals surface area (Å²) in [5.74, 6) is -0.966. The molecule has 1 aromatic heterocycles. The Morgan fingerprint density at radius 2 is 2.14 bits per heavy atom. The van der Waals surface area contributed by atoms with Crippen LogP contribution in [-0.4, -0.2) is 21.0 Å². The fourth-order valence-electron chi connectivity index (χ4n) is 1.65. The molecule has 0 radical (unpaired) electrons. The lowest BCUT2D eigenvalue weighted by atomic mass is 10.2. The van der Waals surface area contributed by atoms with E-state index in [1.807, 2.05) is 0 Å². The molecule has 2 rings (SSSR count). The zero-order valence-electron chi connectivity index (χ0n) is 10.7. The Hall–Kier alpha value is -2.48. The maximum absolute atomic E-state index is 11.1. The summed E-state index contributed by atoms with van der Waals surface area (Å²) in [6.45, 7) is 1.67. The smallest absolute Gasteiger partial charge is 0.337 e. The summed E-state index contributed by atoms with van der Waals surface area (Å²) in [6, 6.07) is 5.65. The van der Waals surface area contributed by atoms with Crippen LogP contribution >= 0.6 is 15.9 Å². The summed E-state index contributed by atoms with van der Waals surface area (Å²) in [4.78, 5) is 25.1. The molecule has 2 aromatic rings. The summed E-state index contributed by atoms with van der Waals surface area (Å²) in [5, 5.41) is 19.8. The first-order valence-corrected chi connectivity index (χ1v) is 6.49. The lowest BCUT2D eigenvalue weighted by Crippen LogP contribution is -1.99. The average molecular weight is 353 g/mol. The van der Waals surface area contributed by atoms with Gasteiger partial charge in [-0.3, -0.25) is 10.1 Å². The first kappa shape index (κ1) is 14.9. The second-order valence-electron chi connectivity index (χ2n) is 4.12. The SMILES string of the molecule is Cc1cc(Br)cc([N+](=O)[O-])c1Oc1ccc(C(=O)O)cn1. The number of aryl methyl sites for hydroxylation is 1. The minimum Gasteiger partial charge on any atom is -0.478 e. The van der Waals surface area contributed by atoms with Crippen LogP contribution in [0.25, 0.3) is 0 Å². The Bertz CT molecular complexity index is 715. The molecule has 1 aromatic carbocycles. The second kappa shape index (κ2) is 5.88. The number of benzene rings is 1. The zero-order valence-corrected chi connectivity index (χ0v) is 12.3. The molecule has 1 N–H and O–H groups in total. The van der Waals surface area contributed by atoms with Crippen LogP contribution in [0.3, 0.4) is 0 Å². The maximum Gasteiger partial charge on any atom is 0.337 e. The topological polar surface area (TPSA) is 103 Å². The highest BCUT2D eigenvalue weighted by atomic mass is 79.9. The first-order valence-electron chi connectivity index (χ1n) is 5.70. The molecule has 108 valence electrons. The second-order valence-corrected chi connectivity index (χ2v) is 5.04. The number of halogens is 1. The van der Waals surface area contributed by atoms with Gasteiger partial charge in [-0.05, 0) is 19.1 Å². The van der Waals surface area contributed by atoms with Crippen LogP contribution in [0, 0.1) is 17.0 Å². The van der Waals surface area contributed by atoms with Crippen LogP contribution in [0.1, 0.15) is 15.9 Å². The van der Waals surface area contributed by atoms with Crippen molar-refractivity contribution in [2.24, 2.45) is 0 Å². The van der Waals surface area contributed by atoms with Crippen molar-refractivity contribution < 1.29 is 19.6 Å². The van der Waals surface area contributed by atoms with Crippen molar-refractivity contribution in [3.8, 4) is 11.6 Å². The van der Waals surface area contributed by atoms with Crippen molar-refractivity contribution in [3.05, 3.63) is 56.2 Å². The van der Waals surface area contributed by atoms with Crippen LogP contribution in [0.5, 0.6) is 11.6 Å². The summed E-state index contributed by atoms with van der Waals surface area (Å²) < 4.78 is 5.99. The van der Waals surface area contributed by atoms with Gasteiger partial charge in [0.25, 0.3) is 0 Å². The summed E-state index contributed by atoms with van der Waals surface area (Å²) >= 11 is 3.19. The Balaban J connectivity index is 2.39. The predicted molar refractivity (Wildman–Crippen MR) is 76.8 cm³/mol. The van der Waals surface area contributed by atoms with E-state index >= 15 is 0 Å². The summed E-state index contributed by atoms with van der Waals surface area (Å²) in [6.07, 6.45) is 1.12. The van der Waals surface area contributed by atoms with Crippen LogP contribution in [0.2, 0.25) is 0 Å². The van der Waals surface area contributed by atoms with Gasteiger partial charge in [0, 0.05) is 28.4 Å². The van der Waals surface area contributed by atoms with Gasteiger partial charge in [-0.15, -0.1) is 0 Å². The molecule has 8 heteroatoms. The normalized spacial score (nSPS) is 10.2. The van der Waals surface area contributed by atoms with Crippen LogP contribution in [0.4, 0.5) is 5.69 Å². The standard InChI is InChI=1S/C13H9BrN2O5/c1-7-4-9(14)5-10(16(19)20)12(7)21-11-3-2-8(6-15-11)13(17)18/h2-6H,1H3,(H,17,18). The summed E-state index contributed by atoms with van der Waals surface area (Å²) in [7, 11) is 0. The number of carboxylic acid groups (broad SMARTS) is 1. The Labute approximate surface area is 127 Å². The third-order valence-electron chi connectivity index (χ3n) is 2.61. The van der Waals surface area contributed by atoms with Gasteiger partial charge in [-0.25, -0.2) is 9.78 Å². The van der Waals surface area contributed by atoms with Crippen LogP contribution < -0.4 is 4.74 Å². The van der Waals surface area contributed by atoms with Gasteiger partial charge >= 0.3 is 11.7 Å². The van der Waals surface area contributed by atoms with E-state index in [1.54, 1.807) is 13.0 Å². The third kappa shape index (κ3) is 3.34. The monoisotopic (exact) mass is 352 g/mol. The van der Waals surface area contributed by atoms with E-state index in [0.717, 1.165) is 6.20 Å². The molecule has 0 fully saturated rings. The van der Waals surface area contributed by atoms with E-state index in [0.29, 0.717) is 10.0 Å². The lowest BCUT2D eigenvalue weighted by Gasteiger charge is -2.09. The highest BCUT2D eigenvalue weighted by molar-refractivity contribution is 9.10. The van der Waals surface area contributed by atoms with Gasteiger partial charge in [-0.2, -0.15) is 0 Å². The van der Waals surface area contributed by atoms with Crippen molar-refractivity contribution in [1.29, 1.82) is 0 Å². The minimum atomic E-state index is -1.11. The van der Waals surface area contributed by atoms with E-state index < -0.39 is 10.9 Å². The van der Waals surface area contributed by atoms with Gasteiger partial charge in [0.1, 0.15) is 0 Å². The molecule has 0 amide bonds. The fraction of sp³-hybridized carbons (Fsp3) is 0.0769. The van der Waals surface area contributed by atoms with Crippen molar-refractivity contribution in [3.63, 3.8) is 0 Å². The van der Waals surface area contributed by atoms with Crippen molar-refractivity contribution >= 4 is 27.6 Å². The number of hydrogen-bond donors (Lipinski definition) is 1. The number of nitro groups is 1. The molecule has 0 saturated heterocycles. The van der Waals surface area contributed by atoms with Gasteiger partial charge in [-0.1, -0.05) is 15.9 Å². The van der Waals surface area contributed by atoms with E-state index in [1.165, 1.54) is 18.2 Å². The molecule has 0 spiro atoms. The largest absolute Gasteiger partial charge is 0.478 e. The van der Waals surface area contributed by atoms with Gasteiger partial charge in [0.05, 0.1) is 10.5 Å². The molecular formula is C13H9BrN2O5. The molecule has 0 aliphatic heterocycles. The number of ether oxygens (including phenoxy) is 1. The molecule has 7 nitrogen and oxygen atoms in total. The fourth-order valence-corrected chi connectivity index (χ4v) is 2.21. The average Bonchev–Trinajstić information content (AvgIpc) is 2.41. The van der Waals surface area contributed by atoms with E-state index in [2.05, 4.69) is 20.9 Å². The van der Waals surface area contributed by atoms with E-state index in [4.69, 9.17) is 9.84 Å². The Morgan fingerprint density at radius 3 is 2.67 bits per heavy atom. The molecule has 0 bridgehead atoms. The molecule has 0 aliphatic rings. The van der Waals surface area contributed by atoms with E-state index in [9.17, 15) is 14.9 Å². The number of pyridine rings is 1. The molecular weight excluding hydrogens is 344 g/mol. The van der Waals surface area contributed by atoms with E-state index in [-0.39, 0.29) is 22.9 Å². The predicted octanol–water partition coefficient (Wildman–Crippen LogP) is 3.55. The molecule has 0 unspecified atom stereocenters. The number of nitrogens with zero attached hydrogens (tertiary/aromatic N) is 2. The highest BCUT2D eigenvalue weighted by Crippen LogP contribution is 2.36. The number of carbonyl (C=O) groups is 1. The number of nitro benzene ring substituents is 1. The molecule has 0 saturated carbocycles. The van der Waals surface area contributed by atoms with Crippen LogP contribution in [0.15, 0.2) is 34.9 Å². The molecule has 0 atom stereocenters. The Morgan fingerprint density at radius 1 is 1.43 bits per heavy atom.